The summed E-state index contributed by atoms with van der Waals surface area (Å²) in [5.41, 5.74) is 3.99. The summed E-state index contributed by atoms with van der Waals surface area (Å²) in [6.45, 7) is 0. The number of nitrogens with zero attached hydrogens (tertiary/aromatic N) is 7. The molecule has 0 spiro atoms. The molecule has 7 aromatic rings. The van der Waals surface area contributed by atoms with Gasteiger partial charge in [0.1, 0.15) is 16.7 Å². The summed E-state index contributed by atoms with van der Waals surface area (Å²) in [4.78, 5) is 31.8. The van der Waals surface area contributed by atoms with Gasteiger partial charge in [-0.15, -0.1) is 0 Å². The molecule has 0 saturated heterocycles. The highest BCUT2D eigenvalue weighted by atomic mass is 16.4. The highest BCUT2D eigenvalue weighted by molar-refractivity contribution is 5.81. The van der Waals surface area contributed by atoms with Gasteiger partial charge in [0.05, 0.1) is 5.52 Å². The van der Waals surface area contributed by atoms with Gasteiger partial charge in [-0.05, 0) is 42.5 Å². The van der Waals surface area contributed by atoms with Crippen LogP contribution in [0.25, 0.3) is 68.1 Å². The average molecular weight is 443 g/mol. The molecule has 160 valence electrons. The molecule has 5 heterocycles. The van der Waals surface area contributed by atoms with Crippen molar-refractivity contribution in [2.45, 2.75) is 0 Å². The number of para-hydroxylation sites is 4. The Labute approximate surface area is 191 Å². The lowest BCUT2D eigenvalue weighted by Gasteiger charge is -2.04. The minimum absolute atomic E-state index is 0.251. The smallest absolute Gasteiger partial charge is 0.266 e. The first-order valence-corrected chi connectivity index (χ1v) is 10.5. The van der Waals surface area contributed by atoms with E-state index < -0.39 is 0 Å². The Balaban J connectivity index is 1.45. The van der Waals surface area contributed by atoms with E-state index in [-0.39, 0.29) is 23.4 Å². The van der Waals surface area contributed by atoms with Gasteiger partial charge in [-0.2, -0.15) is 4.98 Å². The van der Waals surface area contributed by atoms with Gasteiger partial charge in [-0.3, -0.25) is 9.97 Å². The Morgan fingerprint density at radius 3 is 1.79 bits per heavy atom. The number of oxazole rings is 2. The van der Waals surface area contributed by atoms with Gasteiger partial charge in [0.2, 0.25) is 11.6 Å². The highest BCUT2D eigenvalue weighted by Crippen LogP contribution is 2.28. The molecule has 0 amide bonds. The average Bonchev–Trinajstić information content (AvgIpc) is 3.53. The molecule has 0 fully saturated rings. The van der Waals surface area contributed by atoms with Gasteiger partial charge in [0, 0.05) is 17.8 Å². The Bertz CT molecular complexity index is 1680. The Kier molecular flexibility index (Phi) is 3.94. The third-order valence-corrected chi connectivity index (χ3v) is 5.32. The van der Waals surface area contributed by atoms with Crippen LogP contribution < -0.4 is 0 Å². The van der Waals surface area contributed by atoms with Gasteiger partial charge >= 0.3 is 0 Å². The van der Waals surface area contributed by atoms with E-state index in [9.17, 15) is 0 Å². The number of rotatable bonds is 3. The van der Waals surface area contributed by atoms with Crippen LogP contribution in [0.5, 0.6) is 0 Å². The van der Waals surface area contributed by atoms with Crippen molar-refractivity contribution in [1.82, 2.24) is 34.9 Å². The van der Waals surface area contributed by atoms with Crippen molar-refractivity contribution >= 4 is 33.1 Å². The minimum atomic E-state index is 0.251. The van der Waals surface area contributed by atoms with Crippen LogP contribution in [0.3, 0.4) is 0 Å². The summed E-state index contributed by atoms with van der Waals surface area (Å²) in [6.07, 6.45) is 3.46. The van der Waals surface area contributed by atoms with E-state index in [1.54, 1.807) is 12.4 Å². The number of aromatic nitrogens is 7. The predicted octanol–water partition coefficient (Wildman–Crippen LogP) is 5.10. The van der Waals surface area contributed by atoms with Crippen LogP contribution in [0.1, 0.15) is 0 Å². The summed E-state index contributed by atoms with van der Waals surface area (Å²) in [6, 6.07) is 20.6. The maximum absolute atomic E-state index is 5.92. The third kappa shape index (κ3) is 3.06. The second-order valence-corrected chi connectivity index (χ2v) is 7.55. The van der Waals surface area contributed by atoms with Crippen molar-refractivity contribution in [1.29, 1.82) is 0 Å². The molecular formula is C25H13N7O2. The number of fused-ring (bicyclic) bond motifs is 3. The van der Waals surface area contributed by atoms with Gasteiger partial charge < -0.3 is 8.83 Å². The standard InChI is InChI=1S/C25H13N7O2/c1-3-9-19-15(7-1)28-24(33-19)22-30-21(18-12-17-14(13-27-18)6-5-11-26-17)31-23(32-22)25-29-16-8-2-4-10-20(16)34-25/h1-13H. The molecule has 9 heteroatoms. The van der Waals surface area contributed by atoms with E-state index in [0.717, 1.165) is 10.9 Å². The number of hydrogen-bond donors (Lipinski definition) is 0. The molecule has 0 bridgehead atoms. The second kappa shape index (κ2) is 7.24. The molecule has 0 aliphatic carbocycles. The Morgan fingerprint density at radius 1 is 0.529 bits per heavy atom. The minimum Gasteiger partial charge on any atom is -0.434 e. The van der Waals surface area contributed by atoms with Crippen LogP contribution in [0.15, 0.2) is 88.0 Å². The number of pyridine rings is 2. The molecule has 0 N–H and O–H groups in total. The molecule has 0 atom stereocenters. The lowest BCUT2D eigenvalue weighted by atomic mass is 10.2. The third-order valence-electron chi connectivity index (χ3n) is 5.32. The van der Waals surface area contributed by atoms with E-state index in [4.69, 9.17) is 8.83 Å². The van der Waals surface area contributed by atoms with Crippen LogP contribution in [0, 0.1) is 0 Å². The zero-order chi connectivity index (χ0) is 22.5. The maximum Gasteiger partial charge on any atom is 0.266 e. The molecule has 5 aromatic heterocycles. The number of hydrogen-bond acceptors (Lipinski definition) is 9. The Morgan fingerprint density at radius 2 is 1.15 bits per heavy atom. The van der Waals surface area contributed by atoms with E-state index in [1.807, 2.05) is 66.7 Å². The van der Waals surface area contributed by atoms with E-state index in [2.05, 4.69) is 34.9 Å². The quantitative estimate of drug-likeness (QED) is 0.368. The van der Waals surface area contributed by atoms with Crippen LogP contribution in [0.4, 0.5) is 0 Å². The normalized spacial score (nSPS) is 11.5. The number of benzene rings is 2. The fraction of sp³-hybridized carbons (Fsp3) is 0. The zero-order valence-electron chi connectivity index (χ0n) is 17.5. The van der Waals surface area contributed by atoms with Crippen molar-refractivity contribution < 1.29 is 8.83 Å². The summed E-state index contributed by atoms with van der Waals surface area (Å²) >= 11 is 0. The van der Waals surface area contributed by atoms with Crippen molar-refractivity contribution in [3.63, 3.8) is 0 Å². The SMILES string of the molecule is c1cnc2cc(-c3nc(-c4nc5ccccc5o4)nc(-c4nc5ccccc5o4)n3)ncc2c1. The van der Waals surface area contributed by atoms with Crippen molar-refractivity contribution in [2.24, 2.45) is 0 Å². The lowest BCUT2D eigenvalue weighted by Crippen LogP contribution is -2.01. The van der Waals surface area contributed by atoms with Gasteiger partial charge in [0.25, 0.3) is 11.8 Å². The highest BCUT2D eigenvalue weighted by Gasteiger charge is 2.20. The fourth-order valence-corrected chi connectivity index (χ4v) is 3.71. The molecule has 0 unspecified atom stereocenters. The van der Waals surface area contributed by atoms with E-state index >= 15 is 0 Å². The maximum atomic E-state index is 5.92. The molecular weight excluding hydrogens is 430 g/mol. The predicted molar refractivity (Wildman–Crippen MR) is 124 cm³/mol. The van der Waals surface area contributed by atoms with Crippen molar-refractivity contribution in [3.8, 4) is 34.9 Å². The molecule has 34 heavy (non-hydrogen) atoms. The first kappa shape index (κ1) is 18.5. The Hall–Kier alpha value is -5.05. The summed E-state index contributed by atoms with van der Waals surface area (Å²) in [7, 11) is 0. The van der Waals surface area contributed by atoms with E-state index in [0.29, 0.717) is 33.7 Å². The monoisotopic (exact) mass is 443 g/mol. The van der Waals surface area contributed by atoms with Crippen LogP contribution in [-0.2, 0) is 0 Å². The van der Waals surface area contributed by atoms with Crippen molar-refractivity contribution in [3.05, 3.63) is 79.1 Å². The van der Waals surface area contributed by atoms with Gasteiger partial charge in [-0.25, -0.2) is 19.9 Å². The van der Waals surface area contributed by atoms with Crippen LogP contribution in [0.2, 0.25) is 0 Å². The van der Waals surface area contributed by atoms with Crippen molar-refractivity contribution in [2.75, 3.05) is 0 Å². The zero-order valence-corrected chi connectivity index (χ0v) is 17.5. The lowest BCUT2D eigenvalue weighted by molar-refractivity contribution is 0.605. The van der Waals surface area contributed by atoms with Crippen LogP contribution in [-0.4, -0.2) is 34.9 Å². The molecule has 7 rings (SSSR count). The molecule has 0 radical (unpaired) electrons. The molecule has 9 nitrogen and oxygen atoms in total. The molecule has 0 aliphatic heterocycles. The molecule has 0 aliphatic rings. The largest absolute Gasteiger partial charge is 0.434 e. The first-order chi connectivity index (χ1) is 16.8. The van der Waals surface area contributed by atoms with Crippen LogP contribution >= 0.6 is 0 Å². The van der Waals surface area contributed by atoms with E-state index in [1.165, 1.54) is 0 Å². The second-order valence-electron chi connectivity index (χ2n) is 7.55. The topological polar surface area (TPSA) is 117 Å². The molecule has 2 aromatic carbocycles. The fourth-order valence-electron chi connectivity index (χ4n) is 3.71. The van der Waals surface area contributed by atoms with Gasteiger partial charge in [0.15, 0.2) is 17.0 Å². The summed E-state index contributed by atoms with van der Waals surface area (Å²) < 4.78 is 11.8. The summed E-state index contributed by atoms with van der Waals surface area (Å²) in [5.74, 6) is 1.36. The summed E-state index contributed by atoms with van der Waals surface area (Å²) in [5, 5.41) is 0.915. The first-order valence-electron chi connectivity index (χ1n) is 10.5. The molecule has 0 saturated carbocycles. The van der Waals surface area contributed by atoms with Gasteiger partial charge in [-0.1, -0.05) is 24.3 Å².